The van der Waals surface area contributed by atoms with Gasteiger partial charge in [-0.1, -0.05) is 67.1 Å². The van der Waals surface area contributed by atoms with Crippen molar-refractivity contribution in [2.24, 2.45) is 0 Å². The molecule has 0 aromatic rings. The van der Waals surface area contributed by atoms with Gasteiger partial charge in [0.15, 0.2) is 0 Å². The van der Waals surface area contributed by atoms with Gasteiger partial charge >= 0.3 is 0 Å². The summed E-state index contributed by atoms with van der Waals surface area (Å²) in [7, 11) is 0. The third-order valence-corrected chi connectivity index (χ3v) is 2.96. The molecule has 0 saturated carbocycles. The Labute approximate surface area is 98.3 Å². The summed E-state index contributed by atoms with van der Waals surface area (Å²) in [4.78, 5) is 0. The predicted molar refractivity (Wildman–Crippen MR) is 70.2 cm³/mol. The Morgan fingerprint density at radius 2 is 1.36 bits per heavy atom. The van der Waals surface area contributed by atoms with Gasteiger partial charge in [-0.15, -0.1) is 0 Å². The van der Waals surface area contributed by atoms with Crippen LogP contribution in [0.3, 0.4) is 0 Å². The molecule has 0 aliphatic carbocycles. The van der Waals surface area contributed by atoms with Crippen LogP contribution in [0.25, 0.3) is 0 Å². The molecule has 0 aromatic carbocycles. The zero-order valence-corrected chi connectivity index (χ0v) is 11.2. The van der Waals surface area contributed by atoms with Crippen LogP contribution in [0.5, 0.6) is 0 Å². The summed E-state index contributed by atoms with van der Waals surface area (Å²) in [6, 6.07) is 0. The molecule has 0 aliphatic rings. The fourth-order valence-corrected chi connectivity index (χ4v) is 1.80. The third-order valence-electron chi connectivity index (χ3n) is 2.40. The van der Waals surface area contributed by atoms with E-state index in [0.717, 1.165) is 5.33 Å². The largest absolute Gasteiger partial charge is 0.0928 e. The van der Waals surface area contributed by atoms with Crippen molar-refractivity contribution in [1.82, 2.24) is 0 Å². The van der Waals surface area contributed by atoms with Gasteiger partial charge in [-0.05, 0) is 25.7 Å². The van der Waals surface area contributed by atoms with Crippen LogP contribution in [0.2, 0.25) is 0 Å². The molecule has 0 aromatic heterocycles. The molecule has 0 amide bonds. The molecule has 0 rings (SSSR count). The highest BCUT2D eigenvalue weighted by Crippen LogP contribution is 2.07. The summed E-state index contributed by atoms with van der Waals surface area (Å²) >= 11 is 3.43. The zero-order chi connectivity index (χ0) is 10.5. The maximum absolute atomic E-state index is 3.43. The fraction of sp³-hybridized carbons (Fsp3) is 0.846. The maximum atomic E-state index is 3.43. The average molecular weight is 261 g/mol. The Morgan fingerprint density at radius 3 is 2.00 bits per heavy atom. The monoisotopic (exact) mass is 260 g/mol. The van der Waals surface area contributed by atoms with Crippen molar-refractivity contribution in [3.05, 3.63) is 12.2 Å². The SMILES string of the molecule is CCCCCCCCC=CCCCBr. The first kappa shape index (κ1) is 14.2. The van der Waals surface area contributed by atoms with E-state index in [1.807, 2.05) is 0 Å². The average Bonchev–Trinajstić information content (AvgIpc) is 2.21. The number of halogens is 1. The lowest BCUT2D eigenvalue weighted by atomic mass is 10.1. The highest BCUT2D eigenvalue weighted by molar-refractivity contribution is 9.09. The smallest absolute Gasteiger partial charge is 0.00342 e. The van der Waals surface area contributed by atoms with Crippen molar-refractivity contribution in [3.63, 3.8) is 0 Å². The molecule has 0 spiro atoms. The minimum Gasteiger partial charge on any atom is -0.0928 e. The first-order chi connectivity index (χ1) is 6.91. The van der Waals surface area contributed by atoms with Crippen LogP contribution in [0.1, 0.15) is 64.7 Å². The van der Waals surface area contributed by atoms with Crippen LogP contribution >= 0.6 is 15.9 Å². The molecule has 0 fully saturated rings. The van der Waals surface area contributed by atoms with Gasteiger partial charge in [0.1, 0.15) is 0 Å². The van der Waals surface area contributed by atoms with Gasteiger partial charge in [-0.2, -0.15) is 0 Å². The van der Waals surface area contributed by atoms with Crippen molar-refractivity contribution in [1.29, 1.82) is 0 Å². The van der Waals surface area contributed by atoms with Gasteiger partial charge in [0, 0.05) is 5.33 Å². The first-order valence-electron chi connectivity index (χ1n) is 6.12. The van der Waals surface area contributed by atoms with Gasteiger partial charge in [-0.25, -0.2) is 0 Å². The first-order valence-corrected chi connectivity index (χ1v) is 7.25. The molecule has 0 N–H and O–H groups in total. The number of rotatable bonds is 10. The topological polar surface area (TPSA) is 0 Å². The normalized spacial score (nSPS) is 11.3. The maximum Gasteiger partial charge on any atom is 0.00342 e. The summed E-state index contributed by atoms with van der Waals surface area (Å²) in [5, 5.41) is 1.13. The van der Waals surface area contributed by atoms with Gasteiger partial charge in [-0.3, -0.25) is 0 Å². The summed E-state index contributed by atoms with van der Waals surface area (Å²) in [6.45, 7) is 2.27. The molecule has 14 heavy (non-hydrogen) atoms. The zero-order valence-electron chi connectivity index (χ0n) is 9.60. The van der Waals surface area contributed by atoms with E-state index in [-0.39, 0.29) is 0 Å². The van der Waals surface area contributed by atoms with Crippen molar-refractivity contribution in [2.45, 2.75) is 64.7 Å². The van der Waals surface area contributed by atoms with Gasteiger partial charge < -0.3 is 0 Å². The number of alkyl halides is 1. The number of allylic oxidation sites excluding steroid dienone is 2. The van der Waals surface area contributed by atoms with E-state index in [2.05, 4.69) is 35.0 Å². The third kappa shape index (κ3) is 12.2. The van der Waals surface area contributed by atoms with Crippen LogP contribution in [-0.4, -0.2) is 5.33 Å². The summed E-state index contributed by atoms with van der Waals surface area (Å²) in [5.74, 6) is 0. The van der Waals surface area contributed by atoms with E-state index >= 15 is 0 Å². The van der Waals surface area contributed by atoms with Crippen LogP contribution in [0.15, 0.2) is 12.2 Å². The van der Waals surface area contributed by atoms with E-state index in [4.69, 9.17) is 0 Å². The standard InChI is InChI=1S/C13H25Br/c1-2-3-4-5-6-7-8-9-10-11-12-13-14/h9-10H,2-8,11-13H2,1H3. The predicted octanol–water partition coefficient (Wildman–Crippen LogP) is 5.47. The Balaban J connectivity index is 2.94. The Kier molecular flexibility index (Phi) is 13.4. The number of hydrogen-bond donors (Lipinski definition) is 0. The van der Waals surface area contributed by atoms with Crippen LogP contribution in [0.4, 0.5) is 0 Å². The molecular formula is C13H25Br. The lowest BCUT2D eigenvalue weighted by Gasteiger charge is -1.97. The van der Waals surface area contributed by atoms with E-state index in [1.54, 1.807) is 0 Å². The van der Waals surface area contributed by atoms with E-state index in [9.17, 15) is 0 Å². The van der Waals surface area contributed by atoms with Crippen molar-refractivity contribution < 1.29 is 0 Å². The van der Waals surface area contributed by atoms with Crippen LogP contribution in [0, 0.1) is 0 Å². The van der Waals surface area contributed by atoms with E-state index in [0.29, 0.717) is 0 Å². The van der Waals surface area contributed by atoms with Crippen LogP contribution in [-0.2, 0) is 0 Å². The molecule has 0 saturated heterocycles. The molecule has 0 aliphatic heterocycles. The molecule has 0 atom stereocenters. The van der Waals surface area contributed by atoms with Gasteiger partial charge in [0.2, 0.25) is 0 Å². The lowest BCUT2D eigenvalue weighted by Crippen LogP contribution is -1.77. The van der Waals surface area contributed by atoms with Crippen molar-refractivity contribution in [3.8, 4) is 0 Å². The van der Waals surface area contributed by atoms with Gasteiger partial charge in [0.25, 0.3) is 0 Å². The lowest BCUT2D eigenvalue weighted by molar-refractivity contribution is 0.611. The summed E-state index contributed by atoms with van der Waals surface area (Å²) < 4.78 is 0. The molecule has 84 valence electrons. The second-order valence-electron chi connectivity index (χ2n) is 3.86. The summed E-state index contributed by atoms with van der Waals surface area (Å²) in [6.07, 6.45) is 16.9. The van der Waals surface area contributed by atoms with E-state index in [1.165, 1.54) is 57.8 Å². The Morgan fingerprint density at radius 1 is 0.786 bits per heavy atom. The fourth-order valence-electron chi connectivity index (χ4n) is 1.47. The second kappa shape index (κ2) is 13.2. The Hall–Kier alpha value is 0.220. The van der Waals surface area contributed by atoms with Crippen LogP contribution < -0.4 is 0 Å². The van der Waals surface area contributed by atoms with Crippen molar-refractivity contribution in [2.75, 3.05) is 5.33 Å². The number of unbranched alkanes of at least 4 members (excludes halogenated alkanes) is 7. The Bertz CT molecular complexity index is 118. The van der Waals surface area contributed by atoms with Crippen molar-refractivity contribution >= 4 is 15.9 Å². The molecule has 1 heteroatoms. The quantitative estimate of drug-likeness (QED) is 0.278. The minimum atomic E-state index is 1.13. The molecule has 0 bridgehead atoms. The highest BCUT2D eigenvalue weighted by Gasteiger charge is 1.87. The molecule has 0 heterocycles. The second-order valence-corrected chi connectivity index (χ2v) is 4.65. The molecule has 0 radical (unpaired) electrons. The minimum absolute atomic E-state index is 1.13. The molecule has 0 nitrogen and oxygen atoms in total. The van der Waals surface area contributed by atoms with E-state index < -0.39 is 0 Å². The molecular weight excluding hydrogens is 236 g/mol. The molecule has 0 unspecified atom stereocenters. The van der Waals surface area contributed by atoms with Gasteiger partial charge in [0.05, 0.1) is 0 Å². The number of hydrogen-bond acceptors (Lipinski definition) is 0. The highest BCUT2D eigenvalue weighted by atomic mass is 79.9. The summed E-state index contributed by atoms with van der Waals surface area (Å²) in [5.41, 5.74) is 0.